The lowest BCUT2D eigenvalue weighted by Gasteiger charge is -2.11. The van der Waals surface area contributed by atoms with E-state index in [4.69, 9.17) is 18.9 Å². The van der Waals surface area contributed by atoms with E-state index in [0.717, 1.165) is 0 Å². The van der Waals surface area contributed by atoms with Crippen molar-refractivity contribution in [2.45, 2.75) is 0 Å². The molecule has 0 unspecified atom stereocenters. The summed E-state index contributed by atoms with van der Waals surface area (Å²) in [7, 11) is 2.98. The maximum Gasteiger partial charge on any atom is 0.342 e. The number of hydrogen-bond acceptors (Lipinski definition) is 7. The number of carbonyl (C=O) groups is 2. The molecule has 0 radical (unpaired) electrons. The predicted molar refractivity (Wildman–Crippen MR) is 96.4 cm³/mol. The number of aromatic hydroxyl groups is 1. The van der Waals surface area contributed by atoms with E-state index in [1.165, 1.54) is 25.3 Å². The molecule has 2 aromatic carbocycles. The molecular formula is C19H21NO7. The van der Waals surface area contributed by atoms with Crippen molar-refractivity contribution in [1.29, 1.82) is 0 Å². The van der Waals surface area contributed by atoms with Crippen molar-refractivity contribution in [3.05, 3.63) is 48.0 Å². The van der Waals surface area contributed by atoms with Gasteiger partial charge >= 0.3 is 5.97 Å². The lowest BCUT2D eigenvalue weighted by atomic mass is 10.2. The van der Waals surface area contributed by atoms with Gasteiger partial charge in [-0.3, -0.25) is 4.79 Å². The number of hydrogen-bond donors (Lipinski definition) is 2. The quantitative estimate of drug-likeness (QED) is 0.508. The van der Waals surface area contributed by atoms with E-state index in [2.05, 4.69) is 5.32 Å². The van der Waals surface area contributed by atoms with E-state index in [0.29, 0.717) is 17.2 Å². The Morgan fingerprint density at radius 3 is 2.44 bits per heavy atom. The highest BCUT2D eigenvalue weighted by Gasteiger charge is 2.15. The molecule has 0 aliphatic heterocycles. The van der Waals surface area contributed by atoms with Crippen LogP contribution in [0.1, 0.15) is 10.4 Å². The van der Waals surface area contributed by atoms with Crippen LogP contribution >= 0.6 is 0 Å². The van der Waals surface area contributed by atoms with Crippen LogP contribution in [0.3, 0.4) is 0 Å². The number of ether oxygens (including phenoxy) is 4. The zero-order chi connectivity index (χ0) is 19.6. The lowest BCUT2D eigenvalue weighted by molar-refractivity contribution is -0.124. The van der Waals surface area contributed by atoms with Crippen molar-refractivity contribution in [2.75, 3.05) is 34.0 Å². The van der Waals surface area contributed by atoms with Crippen molar-refractivity contribution in [3.63, 3.8) is 0 Å². The third-order valence-corrected chi connectivity index (χ3v) is 3.51. The fourth-order valence-corrected chi connectivity index (χ4v) is 2.16. The second-order valence-corrected chi connectivity index (χ2v) is 5.31. The average Bonchev–Trinajstić information content (AvgIpc) is 2.69. The Morgan fingerprint density at radius 1 is 1.04 bits per heavy atom. The van der Waals surface area contributed by atoms with Crippen LogP contribution in [0, 0.1) is 0 Å². The SMILES string of the molecule is COc1ccc(C(=O)OCC(=O)NCCOc2ccccc2OC)c(O)c1. The third kappa shape index (κ3) is 5.81. The molecule has 8 nitrogen and oxygen atoms in total. The molecule has 0 saturated heterocycles. The zero-order valence-electron chi connectivity index (χ0n) is 15.1. The van der Waals surface area contributed by atoms with Crippen LogP contribution in [0.5, 0.6) is 23.0 Å². The van der Waals surface area contributed by atoms with Crippen LogP contribution in [0.4, 0.5) is 0 Å². The normalized spacial score (nSPS) is 10.0. The lowest BCUT2D eigenvalue weighted by Crippen LogP contribution is -2.32. The van der Waals surface area contributed by atoms with Gasteiger partial charge < -0.3 is 29.4 Å². The second-order valence-electron chi connectivity index (χ2n) is 5.31. The topological polar surface area (TPSA) is 103 Å². The standard InChI is InChI=1S/C19H21NO7/c1-24-13-7-8-14(15(21)11-13)19(23)27-12-18(22)20-9-10-26-17-6-4-3-5-16(17)25-2/h3-8,11,21H,9-10,12H2,1-2H3,(H,20,22). The van der Waals surface area contributed by atoms with E-state index in [1.54, 1.807) is 19.2 Å². The van der Waals surface area contributed by atoms with Gasteiger partial charge in [0, 0.05) is 6.07 Å². The maximum atomic E-state index is 11.9. The molecule has 8 heteroatoms. The first-order valence-electron chi connectivity index (χ1n) is 8.11. The third-order valence-electron chi connectivity index (χ3n) is 3.51. The van der Waals surface area contributed by atoms with Crippen LogP contribution in [-0.4, -0.2) is 51.0 Å². The fraction of sp³-hybridized carbons (Fsp3) is 0.263. The molecule has 0 saturated carbocycles. The average molecular weight is 375 g/mol. The Bertz CT molecular complexity index is 791. The van der Waals surface area contributed by atoms with Gasteiger partial charge in [-0.15, -0.1) is 0 Å². The summed E-state index contributed by atoms with van der Waals surface area (Å²) >= 11 is 0. The first-order valence-corrected chi connectivity index (χ1v) is 8.11. The first kappa shape index (κ1) is 19.9. The number of amides is 1. The number of nitrogens with one attached hydrogen (secondary N) is 1. The van der Waals surface area contributed by atoms with Gasteiger partial charge in [-0.25, -0.2) is 4.79 Å². The van der Waals surface area contributed by atoms with Crippen molar-refractivity contribution in [1.82, 2.24) is 5.32 Å². The van der Waals surface area contributed by atoms with E-state index in [9.17, 15) is 14.7 Å². The summed E-state index contributed by atoms with van der Waals surface area (Å²) in [5.74, 6) is -0.0231. The summed E-state index contributed by atoms with van der Waals surface area (Å²) in [6, 6.07) is 11.3. The molecule has 0 aliphatic rings. The van der Waals surface area contributed by atoms with Gasteiger partial charge in [0.05, 0.1) is 20.8 Å². The number of methoxy groups -OCH3 is 2. The summed E-state index contributed by atoms with van der Waals surface area (Å²) in [6.45, 7) is -0.0273. The van der Waals surface area contributed by atoms with Crippen molar-refractivity contribution < 1.29 is 33.6 Å². The van der Waals surface area contributed by atoms with Crippen molar-refractivity contribution >= 4 is 11.9 Å². The summed E-state index contributed by atoms with van der Waals surface area (Å²) in [5.41, 5.74) is -0.0527. The number of phenolic OH excluding ortho intramolecular Hbond substituents is 1. The van der Waals surface area contributed by atoms with E-state index >= 15 is 0 Å². The highest BCUT2D eigenvalue weighted by Crippen LogP contribution is 2.25. The Hall–Kier alpha value is -3.42. The zero-order valence-corrected chi connectivity index (χ0v) is 15.1. The van der Waals surface area contributed by atoms with Gasteiger partial charge in [0.25, 0.3) is 5.91 Å². The van der Waals surface area contributed by atoms with Gasteiger partial charge in [0.2, 0.25) is 0 Å². The van der Waals surface area contributed by atoms with E-state index in [1.807, 2.05) is 12.1 Å². The Balaban J connectivity index is 1.72. The predicted octanol–water partition coefficient (Wildman–Crippen LogP) is 1.76. The minimum Gasteiger partial charge on any atom is -0.507 e. The van der Waals surface area contributed by atoms with Gasteiger partial charge in [-0.05, 0) is 24.3 Å². The van der Waals surface area contributed by atoms with Crippen LogP contribution < -0.4 is 19.5 Å². The van der Waals surface area contributed by atoms with E-state index < -0.39 is 18.5 Å². The molecule has 0 aliphatic carbocycles. The molecule has 0 fully saturated rings. The molecule has 0 heterocycles. The summed E-state index contributed by atoms with van der Waals surface area (Å²) in [6.07, 6.45) is 0. The Kier molecular flexibility index (Phi) is 7.30. The smallest absolute Gasteiger partial charge is 0.342 e. The fourth-order valence-electron chi connectivity index (χ4n) is 2.16. The Labute approximate surface area is 156 Å². The first-order chi connectivity index (χ1) is 13.0. The highest BCUT2D eigenvalue weighted by atomic mass is 16.5. The largest absolute Gasteiger partial charge is 0.507 e. The molecule has 0 atom stereocenters. The molecule has 0 aromatic heterocycles. The van der Waals surface area contributed by atoms with Gasteiger partial charge in [-0.2, -0.15) is 0 Å². The molecule has 2 N–H and O–H groups in total. The van der Waals surface area contributed by atoms with Crippen LogP contribution in [-0.2, 0) is 9.53 Å². The van der Waals surface area contributed by atoms with Gasteiger partial charge in [0.15, 0.2) is 18.1 Å². The molecule has 144 valence electrons. The minimum atomic E-state index is -0.810. The van der Waals surface area contributed by atoms with Crippen molar-refractivity contribution in [2.24, 2.45) is 0 Å². The molecule has 1 amide bonds. The monoisotopic (exact) mass is 375 g/mol. The van der Waals surface area contributed by atoms with E-state index in [-0.39, 0.29) is 24.5 Å². The number of esters is 1. The second kappa shape index (κ2) is 9.91. The molecule has 2 rings (SSSR count). The summed E-state index contributed by atoms with van der Waals surface area (Å²) in [5, 5.41) is 12.3. The number of phenols is 1. The highest BCUT2D eigenvalue weighted by molar-refractivity contribution is 5.94. The number of para-hydroxylation sites is 2. The number of carbonyl (C=O) groups excluding carboxylic acids is 2. The van der Waals surface area contributed by atoms with Gasteiger partial charge in [-0.1, -0.05) is 12.1 Å². The number of rotatable bonds is 9. The molecule has 2 aromatic rings. The molecular weight excluding hydrogens is 354 g/mol. The Morgan fingerprint density at radius 2 is 1.78 bits per heavy atom. The van der Waals surface area contributed by atoms with Gasteiger partial charge in [0.1, 0.15) is 23.7 Å². The van der Waals surface area contributed by atoms with Crippen LogP contribution in [0.15, 0.2) is 42.5 Å². The molecule has 0 spiro atoms. The van der Waals surface area contributed by atoms with Crippen LogP contribution in [0.25, 0.3) is 0 Å². The van der Waals surface area contributed by atoms with Crippen molar-refractivity contribution in [3.8, 4) is 23.0 Å². The molecule has 0 bridgehead atoms. The summed E-state index contributed by atoms with van der Waals surface area (Å²) in [4.78, 5) is 23.7. The number of benzene rings is 2. The minimum absolute atomic E-state index is 0.0527. The van der Waals surface area contributed by atoms with Crippen LogP contribution in [0.2, 0.25) is 0 Å². The summed E-state index contributed by atoms with van der Waals surface area (Å²) < 4.78 is 20.5. The molecule has 27 heavy (non-hydrogen) atoms. The maximum absolute atomic E-state index is 11.9.